The van der Waals surface area contributed by atoms with E-state index in [1.807, 2.05) is 0 Å². The van der Waals surface area contributed by atoms with E-state index in [0.29, 0.717) is 12.5 Å². The molecule has 0 atom stereocenters. The molecule has 0 saturated carbocycles. The molecule has 0 bridgehead atoms. The number of halogens is 1. The fourth-order valence-electron chi connectivity index (χ4n) is 2.07. The summed E-state index contributed by atoms with van der Waals surface area (Å²) in [6, 6.07) is 0.416. The molecule has 4 heteroatoms. The number of nitrogens with zero attached hydrogens (tertiary/aromatic N) is 1. The SMILES string of the molecule is CCN1CCC(NC(=O)CCCCBr)CC1. The molecule has 1 heterocycles. The molecular formula is C12H23BrN2O. The van der Waals surface area contributed by atoms with Crippen molar-refractivity contribution >= 4 is 21.8 Å². The van der Waals surface area contributed by atoms with Gasteiger partial charge in [0.2, 0.25) is 5.91 Å². The summed E-state index contributed by atoms with van der Waals surface area (Å²) >= 11 is 3.38. The second-order valence-corrected chi connectivity index (χ2v) is 5.22. The zero-order chi connectivity index (χ0) is 11.8. The highest BCUT2D eigenvalue weighted by Crippen LogP contribution is 2.10. The lowest BCUT2D eigenvalue weighted by Gasteiger charge is -2.31. The Labute approximate surface area is 107 Å². The molecule has 1 aliphatic heterocycles. The number of unbranched alkanes of at least 4 members (excludes halogenated alkanes) is 1. The predicted molar refractivity (Wildman–Crippen MR) is 70.9 cm³/mol. The van der Waals surface area contributed by atoms with E-state index in [1.54, 1.807) is 0 Å². The summed E-state index contributed by atoms with van der Waals surface area (Å²) in [5.41, 5.74) is 0. The van der Waals surface area contributed by atoms with Crippen LogP contribution in [0.15, 0.2) is 0 Å². The molecule has 1 aliphatic rings. The van der Waals surface area contributed by atoms with Crippen molar-refractivity contribution < 1.29 is 4.79 Å². The summed E-state index contributed by atoms with van der Waals surface area (Å²) in [6.07, 6.45) is 4.97. The van der Waals surface area contributed by atoms with E-state index in [0.717, 1.165) is 50.6 Å². The van der Waals surface area contributed by atoms with Crippen molar-refractivity contribution in [2.45, 2.75) is 45.1 Å². The fraction of sp³-hybridized carbons (Fsp3) is 0.917. The fourth-order valence-corrected chi connectivity index (χ4v) is 2.47. The number of rotatable bonds is 6. The average molecular weight is 291 g/mol. The Balaban J connectivity index is 2.10. The van der Waals surface area contributed by atoms with E-state index >= 15 is 0 Å². The monoisotopic (exact) mass is 290 g/mol. The number of hydrogen-bond donors (Lipinski definition) is 1. The Hall–Kier alpha value is -0.0900. The molecule has 0 aromatic carbocycles. The van der Waals surface area contributed by atoms with Crippen LogP contribution in [0.25, 0.3) is 0 Å². The summed E-state index contributed by atoms with van der Waals surface area (Å²) < 4.78 is 0. The molecule has 0 unspecified atom stereocenters. The smallest absolute Gasteiger partial charge is 0.220 e. The quantitative estimate of drug-likeness (QED) is 0.601. The van der Waals surface area contributed by atoms with Gasteiger partial charge in [-0.05, 0) is 32.2 Å². The Morgan fingerprint density at radius 2 is 2.06 bits per heavy atom. The Morgan fingerprint density at radius 1 is 1.38 bits per heavy atom. The second-order valence-electron chi connectivity index (χ2n) is 4.42. The maximum atomic E-state index is 11.6. The molecular weight excluding hydrogens is 268 g/mol. The Kier molecular flexibility index (Phi) is 7.05. The summed E-state index contributed by atoms with van der Waals surface area (Å²) in [5.74, 6) is 0.232. The highest BCUT2D eigenvalue weighted by atomic mass is 79.9. The molecule has 3 nitrogen and oxygen atoms in total. The first-order valence-corrected chi connectivity index (χ1v) is 7.46. The zero-order valence-electron chi connectivity index (χ0n) is 10.2. The Bertz CT molecular complexity index is 203. The summed E-state index contributed by atoms with van der Waals surface area (Å²) in [5, 5.41) is 4.14. The van der Waals surface area contributed by atoms with Crippen LogP contribution in [-0.2, 0) is 4.79 Å². The summed E-state index contributed by atoms with van der Waals surface area (Å²) in [7, 11) is 0. The molecule has 94 valence electrons. The van der Waals surface area contributed by atoms with Gasteiger partial charge in [-0.3, -0.25) is 4.79 Å². The van der Waals surface area contributed by atoms with E-state index in [4.69, 9.17) is 0 Å². The third kappa shape index (κ3) is 5.30. The maximum absolute atomic E-state index is 11.6. The third-order valence-electron chi connectivity index (χ3n) is 3.19. The molecule has 0 spiro atoms. The van der Waals surface area contributed by atoms with Gasteiger partial charge < -0.3 is 10.2 Å². The van der Waals surface area contributed by atoms with Gasteiger partial charge in [0.05, 0.1) is 0 Å². The number of nitrogens with one attached hydrogen (secondary N) is 1. The molecule has 0 radical (unpaired) electrons. The van der Waals surface area contributed by atoms with Crippen molar-refractivity contribution in [3.05, 3.63) is 0 Å². The van der Waals surface area contributed by atoms with E-state index in [-0.39, 0.29) is 5.91 Å². The molecule has 1 N–H and O–H groups in total. The van der Waals surface area contributed by atoms with Gasteiger partial charge in [-0.15, -0.1) is 0 Å². The van der Waals surface area contributed by atoms with Gasteiger partial charge in [-0.1, -0.05) is 22.9 Å². The van der Waals surface area contributed by atoms with Crippen LogP contribution in [0.5, 0.6) is 0 Å². The highest BCUT2D eigenvalue weighted by Gasteiger charge is 2.19. The van der Waals surface area contributed by atoms with Crippen LogP contribution in [-0.4, -0.2) is 41.8 Å². The van der Waals surface area contributed by atoms with Crippen molar-refractivity contribution in [3.63, 3.8) is 0 Å². The average Bonchev–Trinajstić information content (AvgIpc) is 2.30. The largest absolute Gasteiger partial charge is 0.353 e. The van der Waals surface area contributed by atoms with Crippen molar-refractivity contribution in [3.8, 4) is 0 Å². The number of hydrogen-bond acceptors (Lipinski definition) is 2. The summed E-state index contributed by atoms with van der Waals surface area (Å²) in [4.78, 5) is 14.0. The molecule has 1 saturated heterocycles. The number of piperidine rings is 1. The van der Waals surface area contributed by atoms with Crippen molar-refractivity contribution in [1.82, 2.24) is 10.2 Å². The lowest BCUT2D eigenvalue weighted by Crippen LogP contribution is -2.44. The molecule has 1 rings (SSSR count). The minimum absolute atomic E-state index is 0.232. The molecule has 0 aromatic rings. The van der Waals surface area contributed by atoms with E-state index in [1.165, 1.54) is 0 Å². The predicted octanol–water partition coefficient (Wildman–Crippen LogP) is 2.15. The lowest BCUT2D eigenvalue weighted by molar-refractivity contribution is -0.122. The van der Waals surface area contributed by atoms with Gasteiger partial charge in [0.25, 0.3) is 0 Å². The van der Waals surface area contributed by atoms with Crippen LogP contribution >= 0.6 is 15.9 Å². The molecule has 1 fully saturated rings. The zero-order valence-corrected chi connectivity index (χ0v) is 11.8. The first kappa shape index (κ1) is 14.0. The van der Waals surface area contributed by atoms with Gasteiger partial charge in [0, 0.05) is 30.9 Å². The molecule has 0 aliphatic carbocycles. The van der Waals surface area contributed by atoms with Crippen LogP contribution in [0.3, 0.4) is 0 Å². The van der Waals surface area contributed by atoms with Crippen molar-refractivity contribution in [2.75, 3.05) is 25.0 Å². The van der Waals surface area contributed by atoms with Crippen LogP contribution in [0, 0.1) is 0 Å². The number of carbonyl (C=O) groups excluding carboxylic acids is 1. The van der Waals surface area contributed by atoms with Crippen LogP contribution < -0.4 is 5.32 Å². The third-order valence-corrected chi connectivity index (χ3v) is 3.75. The van der Waals surface area contributed by atoms with Crippen molar-refractivity contribution in [1.29, 1.82) is 0 Å². The Morgan fingerprint density at radius 3 is 2.62 bits per heavy atom. The summed E-state index contributed by atoms with van der Waals surface area (Å²) in [6.45, 7) is 5.58. The minimum atomic E-state index is 0.232. The maximum Gasteiger partial charge on any atom is 0.220 e. The topological polar surface area (TPSA) is 32.3 Å². The first-order valence-electron chi connectivity index (χ1n) is 6.34. The number of carbonyl (C=O) groups is 1. The second kappa shape index (κ2) is 8.07. The van der Waals surface area contributed by atoms with Gasteiger partial charge in [0.1, 0.15) is 0 Å². The molecule has 16 heavy (non-hydrogen) atoms. The normalized spacial score (nSPS) is 18.6. The van der Waals surface area contributed by atoms with Crippen LogP contribution in [0.2, 0.25) is 0 Å². The van der Waals surface area contributed by atoms with E-state index in [9.17, 15) is 4.79 Å². The van der Waals surface area contributed by atoms with E-state index < -0.39 is 0 Å². The number of amides is 1. The van der Waals surface area contributed by atoms with Crippen LogP contribution in [0.1, 0.15) is 39.0 Å². The van der Waals surface area contributed by atoms with Crippen molar-refractivity contribution in [2.24, 2.45) is 0 Å². The minimum Gasteiger partial charge on any atom is -0.353 e. The standard InChI is InChI=1S/C12H23BrN2O/c1-2-15-9-6-11(7-10-15)14-12(16)5-3-4-8-13/h11H,2-10H2,1H3,(H,14,16). The highest BCUT2D eigenvalue weighted by molar-refractivity contribution is 9.09. The number of alkyl halides is 1. The first-order chi connectivity index (χ1) is 7.76. The van der Waals surface area contributed by atoms with Gasteiger partial charge >= 0.3 is 0 Å². The molecule has 1 amide bonds. The lowest BCUT2D eigenvalue weighted by atomic mass is 10.0. The van der Waals surface area contributed by atoms with Gasteiger partial charge in [-0.2, -0.15) is 0 Å². The van der Waals surface area contributed by atoms with Gasteiger partial charge in [-0.25, -0.2) is 0 Å². The molecule has 0 aromatic heterocycles. The number of likely N-dealkylation sites (tertiary alicyclic amines) is 1. The van der Waals surface area contributed by atoms with Crippen LogP contribution in [0.4, 0.5) is 0 Å². The van der Waals surface area contributed by atoms with Gasteiger partial charge in [0.15, 0.2) is 0 Å². The van der Waals surface area contributed by atoms with E-state index in [2.05, 4.69) is 33.1 Å².